The van der Waals surface area contributed by atoms with Gasteiger partial charge in [-0.05, 0) is 6.42 Å². The minimum Gasteiger partial charge on any atom is -0.394 e. The van der Waals surface area contributed by atoms with Crippen molar-refractivity contribution < 1.29 is 50.7 Å². The second kappa shape index (κ2) is 24.4. The summed E-state index contributed by atoms with van der Waals surface area (Å²) in [5, 5.41) is 88.2. The summed E-state index contributed by atoms with van der Waals surface area (Å²) >= 11 is 0. The van der Waals surface area contributed by atoms with Crippen LogP contribution in [0.4, 0.5) is 0 Å². The summed E-state index contributed by atoms with van der Waals surface area (Å²) < 4.78 is 5.79. The van der Waals surface area contributed by atoms with Gasteiger partial charge in [0.2, 0.25) is 0 Å². The van der Waals surface area contributed by atoms with Crippen molar-refractivity contribution in [3.8, 4) is 0 Å². The Balaban J connectivity index is 4.55. The highest BCUT2D eigenvalue weighted by atomic mass is 16.5. The van der Waals surface area contributed by atoms with E-state index in [0.29, 0.717) is 12.8 Å². The molecule has 0 aromatic rings. The summed E-state index contributed by atoms with van der Waals surface area (Å²) in [6.07, 6.45) is 4.54. The van der Waals surface area contributed by atoms with Crippen LogP contribution in [0.25, 0.3) is 0 Å². The Morgan fingerprint density at radius 1 is 0.474 bits per heavy atom. The molecule has 0 radical (unpaired) electrons. The summed E-state index contributed by atoms with van der Waals surface area (Å²) in [5.74, 6) is 0. The maximum absolute atomic E-state index is 10.6. The SMILES string of the molecule is CCCCCCCCCCCCCCCCC(OC(CC(O)CO)[C@H](O)[C@@H](O)[C@H](O)[C@H](O)CO)C(O)CO. The van der Waals surface area contributed by atoms with Crippen LogP contribution in [0.3, 0.4) is 0 Å². The zero-order valence-corrected chi connectivity index (χ0v) is 23.5. The molecule has 9 N–H and O–H groups in total. The molecule has 0 saturated heterocycles. The van der Waals surface area contributed by atoms with Gasteiger partial charge in [0.15, 0.2) is 0 Å². The molecule has 10 nitrogen and oxygen atoms in total. The smallest absolute Gasteiger partial charge is 0.111 e. The van der Waals surface area contributed by atoms with E-state index in [4.69, 9.17) is 9.84 Å². The molecular weight excluding hydrogens is 496 g/mol. The second-order valence-corrected chi connectivity index (χ2v) is 10.6. The second-order valence-electron chi connectivity index (χ2n) is 10.6. The van der Waals surface area contributed by atoms with Gasteiger partial charge in [-0.1, -0.05) is 96.8 Å². The first-order valence-corrected chi connectivity index (χ1v) is 14.8. The van der Waals surface area contributed by atoms with Crippen molar-refractivity contribution in [2.75, 3.05) is 19.8 Å². The Kier molecular flexibility index (Phi) is 24.1. The van der Waals surface area contributed by atoms with Gasteiger partial charge in [-0.3, -0.25) is 0 Å². The number of hydrogen-bond donors (Lipinski definition) is 9. The highest BCUT2D eigenvalue weighted by Crippen LogP contribution is 2.22. The minimum absolute atomic E-state index is 0.329. The Labute approximate surface area is 229 Å². The average Bonchev–Trinajstić information content (AvgIpc) is 2.93. The molecule has 230 valence electrons. The Morgan fingerprint density at radius 3 is 1.34 bits per heavy atom. The van der Waals surface area contributed by atoms with Crippen LogP contribution in [0.1, 0.15) is 110 Å². The lowest BCUT2D eigenvalue weighted by Crippen LogP contribution is -2.52. The molecule has 0 bridgehead atoms. The van der Waals surface area contributed by atoms with Gasteiger partial charge < -0.3 is 50.7 Å². The molecule has 0 fully saturated rings. The van der Waals surface area contributed by atoms with Crippen LogP contribution in [0.5, 0.6) is 0 Å². The number of aliphatic hydroxyl groups is 9. The first-order chi connectivity index (χ1) is 18.2. The van der Waals surface area contributed by atoms with E-state index in [9.17, 15) is 40.9 Å². The molecule has 0 aliphatic carbocycles. The van der Waals surface area contributed by atoms with Crippen LogP contribution < -0.4 is 0 Å². The van der Waals surface area contributed by atoms with E-state index in [0.717, 1.165) is 19.3 Å². The van der Waals surface area contributed by atoms with E-state index in [1.807, 2.05) is 0 Å². The van der Waals surface area contributed by atoms with Gasteiger partial charge in [-0.2, -0.15) is 0 Å². The number of unbranched alkanes of at least 4 members (excludes halogenated alkanes) is 13. The number of hydrogen-bond acceptors (Lipinski definition) is 10. The zero-order valence-electron chi connectivity index (χ0n) is 23.5. The summed E-state index contributed by atoms with van der Waals surface area (Å²) in [4.78, 5) is 0. The molecule has 0 aromatic carbocycles. The maximum Gasteiger partial charge on any atom is 0.111 e. The lowest BCUT2D eigenvalue weighted by atomic mass is 9.95. The summed E-state index contributed by atoms with van der Waals surface area (Å²) in [7, 11) is 0. The zero-order chi connectivity index (χ0) is 28.8. The molecule has 0 aromatic heterocycles. The lowest BCUT2D eigenvalue weighted by Gasteiger charge is -2.35. The highest BCUT2D eigenvalue weighted by molar-refractivity contribution is 4.87. The monoisotopic (exact) mass is 554 g/mol. The first-order valence-electron chi connectivity index (χ1n) is 14.8. The van der Waals surface area contributed by atoms with Crippen LogP contribution in [-0.4, -0.2) is 115 Å². The molecule has 38 heavy (non-hydrogen) atoms. The first kappa shape index (κ1) is 37.6. The largest absolute Gasteiger partial charge is 0.394 e. The van der Waals surface area contributed by atoms with E-state index < -0.39 is 68.7 Å². The van der Waals surface area contributed by atoms with E-state index >= 15 is 0 Å². The number of rotatable bonds is 27. The van der Waals surface area contributed by atoms with Crippen molar-refractivity contribution in [2.24, 2.45) is 0 Å². The lowest BCUT2D eigenvalue weighted by molar-refractivity contribution is -0.184. The normalized spacial score (nSPS) is 18.5. The molecule has 0 aliphatic heterocycles. The summed E-state index contributed by atoms with van der Waals surface area (Å²) in [5.41, 5.74) is 0. The summed E-state index contributed by atoms with van der Waals surface area (Å²) in [6.45, 7) is 0.148. The standard InChI is InChI=1S/C28H58O10/c1-2-3-4-5-6-7-8-9-10-11-12-13-14-15-16-24(22(33)19-30)38-25(17-21(32)18-29)27(36)28(37)26(35)23(34)20-31/h21-37H,2-20H2,1H3/t21?,22?,23-,24?,25?,26-,27+,28+/m1/s1. The van der Waals surface area contributed by atoms with E-state index in [1.165, 1.54) is 64.2 Å². The fourth-order valence-corrected chi connectivity index (χ4v) is 4.61. The maximum atomic E-state index is 10.6. The van der Waals surface area contributed by atoms with Crippen LogP contribution in [0.15, 0.2) is 0 Å². The molecule has 4 unspecified atom stereocenters. The van der Waals surface area contributed by atoms with Crippen molar-refractivity contribution in [1.29, 1.82) is 0 Å². The Morgan fingerprint density at radius 2 is 0.921 bits per heavy atom. The Hall–Kier alpha value is -0.400. The predicted molar refractivity (Wildman–Crippen MR) is 146 cm³/mol. The molecule has 0 heterocycles. The quantitative estimate of drug-likeness (QED) is 0.0665. The number of ether oxygens (including phenoxy) is 1. The number of aliphatic hydroxyl groups excluding tert-OH is 9. The molecule has 10 heteroatoms. The van der Waals surface area contributed by atoms with E-state index in [2.05, 4.69) is 6.92 Å². The van der Waals surface area contributed by atoms with Gasteiger partial charge in [-0.15, -0.1) is 0 Å². The molecule has 0 aliphatic rings. The van der Waals surface area contributed by atoms with Gasteiger partial charge in [0.25, 0.3) is 0 Å². The summed E-state index contributed by atoms with van der Waals surface area (Å²) in [6, 6.07) is 0. The van der Waals surface area contributed by atoms with Gasteiger partial charge in [0.05, 0.1) is 38.1 Å². The minimum atomic E-state index is -1.93. The van der Waals surface area contributed by atoms with Crippen LogP contribution in [0.2, 0.25) is 0 Å². The fourth-order valence-electron chi connectivity index (χ4n) is 4.61. The van der Waals surface area contributed by atoms with Crippen molar-refractivity contribution in [1.82, 2.24) is 0 Å². The predicted octanol–water partition coefficient (Wildman–Crippen LogP) is 1.14. The third-order valence-corrected chi connectivity index (χ3v) is 7.19. The molecule has 0 amide bonds. The van der Waals surface area contributed by atoms with E-state index in [-0.39, 0.29) is 6.42 Å². The molecule has 8 atom stereocenters. The Bertz CT molecular complexity index is 512. The topological polar surface area (TPSA) is 191 Å². The van der Waals surface area contributed by atoms with Crippen LogP contribution in [0, 0.1) is 0 Å². The van der Waals surface area contributed by atoms with Gasteiger partial charge in [0, 0.05) is 6.42 Å². The molecule has 0 saturated carbocycles. The third kappa shape index (κ3) is 17.3. The molecule has 0 rings (SSSR count). The third-order valence-electron chi connectivity index (χ3n) is 7.19. The molecule has 0 spiro atoms. The fraction of sp³-hybridized carbons (Fsp3) is 1.00. The highest BCUT2D eigenvalue weighted by Gasteiger charge is 2.38. The van der Waals surface area contributed by atoms with Crippen LogP contribution >= 0.6 is 0 Å². The van der Waals surface area contributed by atoms with Crippen molar-refractivity contribution >= 4 is 0 Å². The van der Waals surface area contributed by atoms with Crippen molar-refractivity contribution in [3.63, 3.8) is 0 Å². The van der Waals surface area contributed by atoms with Crippen molar-refractivity contribution in [3.05, 3.63) is 0 Å². The van der Waals surface area contributed by atoms with E-state index in [1.54, 1.807) is 0 Å². The van der Waals surface area contributed by atoms with Gasteiger partial charge in [0.1, 0.15) is 30.5 Å². The van der Waals surface area contributed by atoms with Gasteiger partial charge >= 0.3 is 0 Å². The average molecular weight is 555 g/mol. The molecular formula is C28H58O10. The van der Waals surface area contributed by atoms with Gasteiger partial charge in [-0.25, -0.2) is 0 Å². The van der Waals surface area contributed by atoms with Crippen molar-refractivity contribution in [2.45, 2.75) is 158 Å². The van der Waals surface area contributed by atoms with Crippen LogP contribution in [-0.2, 0) is 4.74 Å².